The molecule has 7 nitrogen and oxygen atoms in total. The van der Waals surface area contributed by atoms with Gasteiger partial charge >= 0.3 is 12.1 Å². The number of aromatic nitrogens is 4. The molecule has 1 unspecified atom stereocenters. The second-order valence-electron chi connectivity index (χ2n) is 7.15. The summed E-state index contributed by atoms with van der Waals surface area (Å²) in [4.78, 5) is 17.6. The van der Waals surface area contributed by atoms with Gasteiger partial charge in [-0.1, -0.05) is 18.2 Å². The van der Waals surface area contributed by atoms with Crippen LogP contribution >= 0.6 is 0 Å². The number of carbonyl (C=O) groups is 1. The van der Waals surface area contributed by atoms with Crippen LogP contribution in [0.25, 0.3) is 22.5 Å². The van der Waals surface area contributed by atoms with Crippen molar-refractivity contribution in [3.63, 3.8) is 0 Å². The molecular formula is C21H22F3N5O2. The molecule has 1 atom stereocenters. The quantitative estimate of drug-likeness (QED) is 0.654. The number of rotatable bonds is 4. The van der Waals surface area contributed by atoms with Crippen LogP contribution < -0.4 is 5.32 Å². The summed E-state index contributed by atoms with van der Waals surface area (Å²) < 4.78 is 33.8. The lowest BCUT2D eigenvalue weighted by atomic mass is 10.1. The molecule has 1 aliphatic heterocycles. The molecule has 0 aliphatic carbocycles. The Bertz CT molecular complexity index is 1030. The SMILES string of the molecule is Cc1nccc(-c2cccc(-c3ccn(CC4CCNC4)n3)c2)n1.O=C(O)C(F)(F)F. The summed E-state index contributed by atoms with van der Waals surface area (Å²) in [5.41, 5.74) is 4.16. The molecule has 0 bridgehead atoms. The minimum Gasteiger partial charge on any atom is -0.475 e. The monoisotopic (exact) mass is 433 g/mol. The van der Waals surface area contributed by atoms with Crippen molar-refractivity contribution in [3.05, 3.63) is 54.6 Å². The molecule has 164 valence electrons. The highest BCUT2D eigenvalue weighted by Crippen LogP contribution is 2.24. The average molecular weight is 433 g/mol. The van der Waals surface area contributed by atoms with Gasteiger partial charge in [0.2, 0.25) is 0 Å². The van der Waals surface area contributed by atoms with Gasteiger partial charge in [0.05, 0.1) is 11.4 Å². The number of halogens is 3. The molecular weight excluding hydrogens is 411 g/mol. The Morgan fingerprint density at radius 1 is 1.23 bits per heavy atom. The predicted octanol–water partition coefficient (Wildman–Crippen LogP) is 3.56. The largest absolute Gasteiger partial charge is 0.490 e. The van der Waals surface area contributed by atoms with Gasteiger partial charge in [0, 0.05) is 30.1 Å². The van der Waals surface area contributed by atoms with Crippen LogP contribution in [0.15, 0.2) is 48.8 Å². The zero-order valence-corrected chi connectivity index (χ0v) is 16.8. The van der Waals surface area contributed by atoms with E-state index in [1.165, 1.54) is 6.42 Å². The molecule has 1 aromatic carbocycles. The van der Waals surface area contributed by atoms with Crippen molar-refractivity contribution in [1.29, 1.82) is 0 Å². The van der Waals surface area contributed by atoms with E-state index in [1.54, 1.807) is 6.20 Å². The first-order chi connectivity index (χ1) is 14.7. The molecule has 1 aliphatic rings. The first-order valence-corrected chi connectivity index (χ1v) is 9.67. The highest BCUT2D eigenvalue weighted by molar-refractivity contribution is 5.73. The van der Waals surface area contributed by atoms with E-state index in [9.17, 15) is 13.2 Å². The lowest BCUT2D eigenvalue weighted by Gasteiger charge is -2.08. The highest BCUT2D eigenvalue weighted by Gasteiger charge is 2.38. The summed E-state index contributed by atoms with van der Waals surface area (Å²) in [6.45, 7) is 5.11. The van der Waals surface area contributed by atoms with Gasteiger partial charge in [-0.15, -0.1) is 0 Å². The molecule has 0 spiro atoms. The molecule has 4 rings (SSSR count). The van der Waals surface area contributed by atoms with E-state index >= 15 is 0 Å². The second kappa shape index (κ2) is 9.69. The second-order valence-corrected chi connectivity index (χ2v) is 7.15. The highest BCUT2D eigenvalue weighted by atomic mass is 19.4. The number of aliphatic carboxylic acids is 1. The molecule has 0 amide bonds. The van der Waals surface area contributed by atoms with Crippen molar-refractivity contribution < 1.29 is 23.1 Å². The third kappa shape index (κ3) is 6.35. The number of alkyl halides is 3. The fourth-order valence-electron chi connectivity index (χ4n) is 3.21. The summed E-state index contributed by atoms with van der Waals surface area (Å²) in [5, 5.41) is 15.3. The van der Waals surface area contributed by atoms with Gasteiger partial charge in [0.25, 0.3) is 0 Å². The average Bonchev–Trinajstić information content (AvgIpc) is 3.40. The maximum atomic E-state index is 10.6. The number of aryl methyl sites for hydroxylation is 1. The van der Waals surface area contributed by atoms with Crippen LogP contribution in [0.1, 0.15) is 12.2 Å². The van der Waals surface area contributed by atoms with E-state index in [4.69, 9.17) is 15.0 Å². The number of nitrogens with zero attached hydrogens (tertiary/aromatic N) is 4. The van der Waals surface area contributed by atoms with Crippen molar-refractivity contribution in [2.45, 2.75) is 26.1 Å². The van der Waals surface area contributed by atoms with Gasteiger partial charge in [-0.3, -0.25) is 4.68 Å². The van der Waals surface area contributed by atoms with Crippen LogP contribution in [0.3, 0.4) is 0 Å². The molecule has 3 heterocycles. The number of hydrogen-bond donors (Lipinski definition) is 2. The Labute approximate surface area is 177 Å². The van der Waals surface area contributed by atoms with Gasteiger partial charge < -0.3 is 10.4 Å². The smallest absolute Gasteiger partial charge is 0.475 e. The predicted molar refractivity (Wildman–Crippen MR) is 108 cm³/mol. The summed E-state index contributed by atoms with van der Waals surface area (Å²) in [6.07, 6.45) is 0.0294. The fraction of sp³-hybridized carbons (Fsp3) is 0.333. The van der Waals surface area contributed by atoms with Gasteiger partial charge in [-0.05, 0) is 50.6 Å². The van der Waals surface area contributed by atoms with E-state index in [1.807, 2.05) is 13.0 Å². The number of hydrogen-bond acceptors (Lipinski definition) is 5. The summed E-state index contributed by atoms with van der Waals surface area (Å²) >= 11 is 0. The van der Waals surface area contributed by atoms with Gasteiger partial charge in [0.15, 0.2) is 0 Å². The molecule has 1 saturated heterocycles. The Morgan fingerprint density at radius 3 is 2.55 bits per heavy atom. The van der Waals surface area contributed by atoms with Crippen LogP contribution in [-0.2, 0) is 11.3 Å². The van der Waals surface area contributed by atoms with Crippen molar-refractivity contribution in [1.82, 2.24) is 25.1 Å². The molecule has 1 fully saturated rings. The van der Waals surface area contributed by atoms with E-state index in [2.05, 4.69) is 56.5 Å². The standard InChI is InChI=1S/C19H21N5.C2HF3O2/c1-14-21-9-6-18(22-14)16-3-2-4-17(11-16)19-7-10-24(23-19)13-15-5-8-20-12-15;3-2(4,5)1(6)7/h2-4,6-7,9-11,15,20H,5,8,12-13H2,1H3;(H,6,7). The number of carboxylic acids is 1. The van der Waals surface area contributed by atoms with Crippen LogP contribution in [0.2, 0.25) is 0 Å². The van der Waals surface area contributed by atoms with Crippen molar-refractivity contribution >= 4 is 5.97 Å². The zero-order valence-electron chi connectivity index (χ0n) is 16.8. The maximum Gasteiger partial charge on any atom is 0.490 e. The third-order valence-corrected chi connectivity index (χ3v) is 4.72. The van der Waals surface area contributed by atoms with E-state index in [-0.39, 0.29) is 0 Å². The summed E-state index contributed by atoms with van der Waals surface area (Å²) in [7, 11) is 0. The molecule has 0 radical (unpaired) electrons. The van der Waals surface area contributed by atoms with Crippen molar-refractivity contribution in [2.75, 3.05) is 13.1 Å². The van der Waals surface area contributed by atoms with E-state index in [0.717, 1.165) is 48.0 Å². The number of carboxylic acid groups (broad SMARTS) is 1. The minimum absolute atomic E-state index is 0.688. The Balaban J connectivity index is 0.000000339. The lowest BCUT2D eigenvalue weighted by Crippen LogP contribution is -2.21. The normalized spacial score (nSPS) is 15.9. The number of benzene rings is 1. The Morgan fingerprint density at radius 2 is 1.94 bits per heavy atom. The lowest BCUT2D eigenvalue weighted by molar-refractivity contribution is -0.192. The van der Waals surface area contributed by atoms with Gasteiger partial charge in [-0.2, -0.15) is 18.3 Å². The topological polar surface area (TPSA) is 92.9 Å². The molecule has 2 aromatic heterocycles. The Hall–Kier alpha value is -3.27. The summed E-state index contributed by atoms with van der Waals surface area (Å²) in [6, 6.07) is 12.4. The zero-order chi connectivity index (χ0) is 22.4. The van der Waals surface area contributed by atoms with Gasteiger partial charge in [-0.25, -0.2) is 14.8 Å². The molecule has 3 aromatic rings. The van der Waals surface area contributed by atoms with Crippen molar-refractivity contribution in [2.24, 2.45) is 5.92 Å². The fourth-order valence-corrected chi connectivity index (χ4v) is 3.21. The van der Waals surface area contributed by atoms with Crippen LogP contribution in [0.5, 0.6) is 0 Å². The van der Waals surface area contributed by atoms with Crippen LogP contribution in [0.4, 0.5) is 13.2 Å². The van der Waals surface area contributed by atoms with E-state index in [0.29, 0.717) is 5.92 Å². The molecule has 0 saturated carbocycles. The van der Waals surface area contributed by atoms with Gasteiger partial charge in [0.1, 0.15) is 5.82 Å². The third-order valence-electron chi connectivity index (χ3n) is 4.72. The van der Waals surface area contributed by atoms with Crippen LogP contribution in [0, 0.1) is 12.8 Å². The maximum absolute atomic E-state index is 10.6. The summed E-state index contributed by atoms with van der Waals surface area (Å²) in [5.74, 6) is -1.28. The molecule has 31 heavy (non-hydrogen) atoms. The first kappa shape index (κ1) is 22.4. The molecule has 2 N–H and O–H groups in total. The minimum atomic E-state index is -5.08. The molecule has 10 heteroatoms. The van der Waals surface area contributed by atoms with E-state index < -0.39 is 12.1 Å². The first-order valence-electron chi connectivity index (χ1n) is 9.67. The Kier molecular flexibility index (Phi) is 7.01. The van der Waals surface area contributed by atoms with Crippen LogP contribution in [-0.4, -0.2) is 50.1 Å². The number of nitrogens with one attached hydrogen (secondary N) is 1. The van der Waals surface area contributed by atoms with Crippen molar-refractivity contribution in [3.8, 4) is 22.5 Å².